The Bertz CT molecular complexity index is 211. The molecule has 3 heteroatoms. The van der Waals surface area contributed by atoms with Gasteiger partial charge in [-0.1, -0.05) is 29.8 Å². The maximum absolute atomic E-state index is 12.1. The summed E-state index contributed by atoms with van der Waals surface area (Å²) in [5.41, 5.74) is 0. The molecule has 86 valence electrons. The van der Waals surface area contributed by atoms with Crippen LogP contribution in [0.2, 0.25) is 0 Å². The molecule has 0 aromatic heterocycles. The van der Waals surface area contributed by atoms with Crippen LogP contribution in [0, 0.1) is 5.82 Å². The maximum atomic E-state index is 12.1. The smallest absolute Gasteiger partial charge is 0.123 e. The van der Waals surface area contributed by atoms with Crippen LogP contribution in [0.1, 0.15) is 26.7 Å². The Morgan fingerprint density at radius 2 is 1.53 bits per heavy atom. The standard InChI is InChI=1S/C6H4BrF.C6H14O/c7-5-1-3-6(8)4-2-5;1-3-5-7-6-4-2/h1-4H;3-6H2,1-2H3. The van der Waals surface area contributed by atoms with E-state index in [9.17, 15) is 4.39 Å². The molecule has 0 aliphatic heterocycles. The SMILES string of the molecule is CCCOCCC.Fc1ccc(Br)cc1. The molecule has 0 aliphatic rings. The van der Waals surface area contributed by atoms with Crippen LogP contribution < -0.4 is 0 Å². The van der Waals surface area contributed by atoms with Gasteiger partial charge in [-0.15, -0.1) is 0 Å². The predicted molar refractivity (Wildman–Crippen MR) is 65.5 cm³/mol. The number of halogens is 2. The van der Waals surface area contributed by atoms with Gasteiger partial charge in [-0.05, 0) is 37.1 Å². The molecule has 1 aromatic rings. The van der Waals surface area contributed by atoms with Gasteiger partial charge in [0.05, 0.1) is 0 Å². The van der Waals surface area contributed by atoms with Crippen molar-refractivity contribution in [2.75, 3.05) is 13.2 Å². The molecular formula is C12H18BrFO. The molecule has 1 rings (SSSR count). The van der Waals surface area contributed by atoms with Gasteiger partial charge in [-0.3, -0.25) is 0 Å². The molecule has 0 spiro atoms. The second kappa shape index (κ2) is 10.1. The summed E-state index contributed by atoms with van der Waals surface area (Å²) in [6, 6.07) is 6.14. The summed E-state index contributed by atoms with van der Waals surface area (Å²) in [5.74, 6) is -0.201. The van der Waals surface area contributed by atoms with Gasteiger partial charge in [0.1, 0.15) is 5.82 Å². The molecule has 0 bridgehead atoms. The lowest BCUT2D eigenvalue weighted by atomic mass is 10.4. The lowest BCUT2D eigenvalue weighted by molar-refractivity contribution is 0.135. The number of hydrogen-bond donors (Lipinski definition) is 0. The minimum Gasteiger partial charge on any atom is -0.381 e. The molecule has 0 aliphatic carbocycles. The zero-order valence-electron chi connectivity index (χ0n) is 9.30. The summed E-state index contributed by atoms with van der Waals surface area (Å²) in [6.45, 7) is 6.09. The van der Waals surface area contributed by atoms with Crippen LogP contribution in [-0.2, 0) is 4.74 Å². The molecule has 0 amide bonds. The fourth-order valence-corrected chi connectivity index (χ4v) is 1.08. The first-order valence-electron chi connectivity index (χ1n) is 5.19. The van der Waals surface area contributed by atoms with E-state index >= 15 is 0 Å². The second-order valence-electron chi connectivity index (χ2n) is 3.05. The van der Waals surface area contributed by atoms with E-state index in [0.717, 1.165) is 30.5 Å². The molecule has 0 unspecified atom stereocenters. The average molecular weight is 277 g/mol. The summed E-state index contributed by atoms with van der Waals surface area (Å²) in [7, 11) is 0. The van der Waals surface area contributed by atoms with Crippen molar-refractivity contribution in [1.82, 2.24) is 0 Å². The Morgan fingerprint density at radius 1 is 1.07 bits per heavy atom. The molecule has 0 fully saturated rings. The van der Waals surface area contributed by atoms with Gasteiger partial charge in [0.15, 0.2) is 0 Å². The summed E-state index contributed by atoms with van der Waals surface area (Å²) in [5, 5.41) is 0. The van der Waals surface area contributed by atoms with Crippen molar-refractivity contribution in [3.63, 3.8) is 0 Å². The van der Waals surface area contributed by atoms with Crippen LogP contribution in [-0.4, -0.2) is 13.2 Å². The van der Waals surface area contributed by atoms with Crippen LogP contribution in [0.5, 0.6) is 0 Å². The number of hydrogen-bond acceptors (Lipinski definition) is 1. The van der Waals surface area contributed by atoms with E-state index in [2.05, 4.69) is 29.8 Å². The highest BCUT2D eigenvalue weighted by Crippen LogP contribution is 2.08. The highest BCUT2D eigenvalue weighted by atomic mass is 79.9. The molecule has 15 heavy (non-hydrogen) atoms. The molecule has 1 aromatic carbocycles. The number of rotatable bonds is 4. The third-order valence-electron chi connectivity index (χ3n) is 1.50. The van der Waals surface area contributed by atoms with Gasteiger partial charge in [-0.25, -0.2) is 4.39 Å². The Kier molecular flexibility index (Phi) is 9.84. The van der Waals surface area contributed by atoms with Gasteiger partial charge in [0.2, 0.25) is 0 Å². The van der Waals surface area contributed by atoms with E-state index in [-0.39, 0.29) is 5.82 Å². The third-order valence-corrected chi connectivity index (χ3v) is 2.03. The van der Waals surface area contributed by atoms with Crippen molar-refractivity contribution in [2.45, 2.75) is 26.7 Å². The van der Waals surface area contributed by atoms with Crippen molar-refractivity contribution in [1.29, 1.82) is 0 Å². The van der Waals surface area contributed by atoms with Crippen molar-refractivity contribution in [2.24, 2.45) is 0 Å². The van der Waals surface area contributed by atoms with E-state index in [1.807, 2.05) is 0 Å². The Hall–Kier alpha value is -0.410. The topological polar surface area (TPSA) is 9.23 Å². The van der Waals surface area contributed by atoms with Crippen LogP contribution in [0.3, 0.4) is 0 Å². The van der Waals surface area contributed by atoms with E-state index in [1.165, 1.54) is 12.1 Å². The molecule has 0 N–H and O–H groups in total. The summed E-state index contributed by atoms with van der Waals surface area (Å²) in [4.78, 5) is 0. The van der Waals surface area contributed by atoms with E-state index in [1.54, 1.807) is 12.1 Å². The molecule has 0 radical (unpaired) electrons. The van der Waals surface area contributed by atoms with E-state index < -0.39 is 0 Å². The molecule has 1 nitrogen and oxygen atoms in total. The fraction of sp³-hybridized carbons (Fsp3) is 0.500. The average Bonchev–Trinajstić information content (AvgIpc) is 2.24. The summed E-state index contributed by atoms with van der Waals surface area (Å²) in [6.07, 6.45) is 2.28. The minimum absolute atomic E-state index is 0.201. The monoisotopic (exact) mass is 276 g/mol. The van der Waals surface area contributed by atoms with Crippen molar-refractivity contribution in [3.8, 4) is 0 Å². The number of benzene rings is 1. The largest absolute Gasteiger partial charge is 0.381 e. The van der Waals surface area contributed by atoms with E-state index in [4.69, 9.17) is 4.74 Å². The van der Waals surface area contributed by atoms with Crippen LogP contribution in [0.4, 0.5) is 4.39 Å². The Labute approximate surface area is 99.8 Å². The van der Waals surface area contributed by atoms with Gasteiger partial charge >= 0.3 is 0 Å². The predicted octanol–water partition coefficient (Wildman–Crippen LogP) is 4.41. The zero-order valence-corrected chi connectivity index (χ0v) is 10.9. The van der Waals surface area contributed by atoms with Gasteiger partial charge in [-0.2, -0.15) is 0 Å². The Balaban J connectivity index is 0.000000265. The fourth-order valence-electron chi connectivity index (χ4n) is 0.820. The normalized spacial score (nSPS) is 9.33. The molecule has 0 saturated carbocycles. The highest BCUT2D eigenvalue weighted by Gasteiger charge is 1.85. The molecule has 0 heterocycles. The maximum Gasteiger partial charge on any atom is 0.123 e. The highest BCUT2D eigenvalue weighted by molar-refractivity contribution is 9.10. The second-order valence-corrected chi connectivity index (χ2v) is 3.96. The number of ether oxygens (including phenoxy) is 1. The quantitative estimate of drug-likeness (QED) is 0.741. The first kappa shape index (κ1) is 14.6. The van der Waals surface area contributed by atoms with Gasteiger partial charge < -0.3 is 4.74 Å². The Morgan fingerprint density at radius 3 is 1.87 bits per heavy atom. The molecule has 0 saturated heterocycles. The summed E-state index contributed by atoms with van der Waals surface area (Å²) < 4.78 is 18.1. The first-order chi connectivity index (χ1) is 7.20. The van der Waals surface area contributed by atoms with Gasteiger partial charge in [0.25, 0.3) is 0 Å². The van der Waals surface area contributed by atoms with Crippen molar-refractivity contribution < 1.29 is 9.13 Å². The zero-order chi connectivity index (χ0) is 11.5. The lowest BCUT2D eigenvalue weighted by Crippen LogP contribution is -1.92. The minimum atomic E-state index is -0.201. The lowest BCUT2D eigenvalue weighted by Gasteiger charge is -1.95. The molecular weight excluding hydrogens is 259 g/mol. The molecule has 0 atom stereocenters. The summed E-state index contributed by atoms with van der Waals surface area (Å²) >= 11 is 3.18. The van der Waals surface area contributed by atoms with Crippen molar-refractivity contribution >= 4 is 15.9 Å². The first-order valence-corrected chi connectivity index (χ1v) is 5.98. The van der Waals surface area contributed by atoms with Crippen molar-refractivity contribution in [3.05, 3.63) is 34.6 Å². The van der Waals surface area contributed by atoms with Crippen LogP contribution in [0.25, 0.3) is 0 Å². The van der Waals surface area contributed by atoms with E-state index in [0.29, 0.717) is 0 Å². The van der Waals surface area contributed by atoms with Gasteiger partial charge in [0, 0.05) is 17.7 Å². The van der Waals surface area contributed by atoms with Crippen LogP contribution in [0.15, 0.2) is 28.7 Å². The third kappa shape index (κ3) is 9.88. The van der Waals surface area contributed by atoms with Crippen LogP contribution >= 0.6 is 15.9 Å².